The highest BCUT2D eigenvalue weighted by molar-refractivity contribution is 5.69. The summed E-state index contributed by atoms with van der Waals surface area (Å²) in [5, 5.41) is 8.88. The Balaban J connectivity index is 3.92. The maximum Gasteiger partial charge on any atom is 0.306 e. The number of carboxylic acid groups (broad SMARTS) is 1. The summed E-state index contributed by atoms with van der Waals surface area (Å²) in [5.74, 6) is -0.760. The number of ether oxygens (including phenoxy) is 1. The SMILES string of the molecule is CCCCC/C=C\C/C=C\CCCCCCCCCC(=O)OC(CCCCCCCCCCCCC)CCCCCC(=O)O. The van der Waals surface area contributed by atoms with Crippen LogP contribution < -0.4 is 0 Å². The van der Waals surface area contributed by atoms with Crippen LogP contribution in [0.5, 0.6) is 0 Å². The second-order valence-electron chi connectivity index (χ2n) is 13.1. The quantitative estimate of drug-likeness (QED) is 0.0436. The molecule has 0 aliphatic heterocycles. The lowest BCUT2D eigenvalue weighted by Crippen LogP contribution is -2.18. The molecule has 0 bridgehead atoms. The van der Waals surface area contributed by atoms with Crippen LogP contribution in [0.25, 0.3) is 0 Å². The second kappa shape index (κ2) is 35.9. The number of carbonyl (C=O) groups excluding carboxylic acids is 1. The highest BCUT2D eigenvalue weighted by Crippen LogP contribution is 2.18. The Kier molecular flexibility index (Phi) is 34.6. The summed E-state index contributed by atoms with van der Waals surface area (Å²) >= 11 is 0. The van der Waals surface area contributed by atoms with E-state index < -0.39 is 5.97 Å². The van der Waals surface area contributed by atoms with E-state index in [9.17, 15) is 9.59 Å². The van der Waals surface area contributed by atoms with Gasteiger partial charge in [-0.05, 0) is 70.6 Å². The molecule has 0 fully saturated rings. The lowest BCUT2D eigenvalue weighted by Gasteiger charge is -2.18. The number of carbonyl (C=O) groups is 2. The topological polar surface area (TPSA) is 63.6 Å². The van der Waals surface area contributed by atoms with E-state index in [1.54, 1.807) is 0 Å². The minimum absolute atomic E-state index is 0.00163. The second-order valence-corrected chi connectivity index (χ2v) is 13.1. The largest absolute Gasteiger partial charge is 0.481 e. The Hall–Kier alpha value is -1.58. The molecular weight excluding hydrogens is 544 g/mol. The van der Waals surface area contributed by atoms with Crippen LogP contribution in [0.4, 0.5) is 0 Å². The fraction of sp³-hybridized carbons (Fsp3) is 0.850. The maximum absolute atomic E-state index is 12.6. The Morgan fingerprint density at radius 2 is 0.886 bits per heavy atom. The van der Waals surface area contributed by atoms with Crippen molar-refractivity contribution in [3.8, 4) is 0 Å². The van der Waals surface area contributed by atoms with Crippen molar-refractivity contribution in [1.29, 1.82) is 0 Å². The molecule has 1 atom stereocenters. The van der Waals surface area contributed by atoms with Crippen molar-refractivity contribution in [2.45, 2.75) is 219 Å². The summed E-state index contributed by atoms with van der Waals surface area (Å²) in [5.41, 5.74) is 0. The average Bonchev–Trinajstić information content (AvgIpc) is 3.00. The van der Waals surface area contributed by atoms with Crippen LogP contribution in [0.2, 0.25) is 0 Å². The first-order valence-corrected chi connectivity index (χ1v) is 19.3. The van der Waals surface area contributed by atoms with Gasteiger partial charge in [0.05, 0.1) is 0 Å². The standard InChI is InChI=1S/C40H74O4/c1-3-5-7-9-11-13-15-16-17-18-19-20-22-24-26-28-33-37-40(43)44-38(35-31-29-32-36-39(41)42)34-30-27-25-23-21-14-12-10-8-6-4-2/h11,13,16-17,38H,3-10,12,14-15,18-37H2,1-2H3,(H,41,42)/b13-11-,17-16-. The van der Waals surface area contributed by atoms with E-state index in [2.05, 4.69) is 38.2 Å². The van der Waals surface area contributed by atoms with E-state index in [0.29, 0.717) is 12.8 Å². The molecule has 0 aliphatic rings. The number of hydrogen-bond donors (Lipinski definition) is 1. The lowest BCUT2D eigenvalue weighted by molar-refractivity contribution is -0.150. The highest BCUT2D eigenvalue weighted by Gasteiger charge is 2.14. The smallest absolute Gasteiger partial charge is 0.306 e. The summed E-state index contributed by atoms with van der Waals surface area (Å²) in [7, 11) is 0. The molecule has 0 rings (SSSR count). The summed E-state index contributed by atoms with van der Waals surface area (Å²) in [4.78, 5) is 23.4. The van der Waals surface area contributed by atoms with Gasteiger partial charge in [0.25, 0.3) is 0 Å². The van der Waals surface area contributed by atoms with Gasteiger partial charge in [-0.2, -0.15) is 0 Å². The van der Waals surface area contributed by atoms with Crippen molar-refractivity contribution in [2.75, 3.05) is 0 Å². The molecule has 1 unspecified atom stereocenters. The molecule has 0 radical (unpaired) electrons. The number of unbranched alkanes of at least 4 members (excludes halogenated alkanes) is 22. The number of hydrogen-bond acceptors (Lipinski definition) is 3. The molecule has 258 valence electrons. The molecule has 4 nitrogen and oxygen atoms in total. The van der Waals surface area contributed by atoms with Crippen LogP contribution in [0.15, 0.2) is 24.3 Å². The van der Waals surface area contributed by atoms with Crippen LogP contribution in [0.1, 0.15) is 213 Å². The predicted molar refractivity (Wildman–Crippen MR) is 190 cm³/mol. The van der Waals surface area contributed by atoms with Crippen LogP contribution in [0, 0.1) is 0 Å². The van der Waals surface area contributed by atoms with Gasteiger partial charge in [0, 0.05) is 12.8 Å². The molecule has 44 heavy (non-hydrogen) atoms. The van der Waals surface area contributed by atoms with Crippen molar-refractivity contribution in [2.24, 2.45) is 0 Å². The van der Waals surface area contributed by atoms with Gasteiger partial charge in [-0.3, -0.25) is 9.59 Å². The van der Waals surface area contributed by atoms with E-state index in [0.717, 1.165) is 51.4 Å². The average molecular weight is 619 g/mol. The van der Waals surface area contributed by atoms with Gasteiger partial charge >= 0.3 is 11.9 Å². The van der Waals surface area contributed by atoms with E-state index in [1.165, 1.54) is 128 Å². The molecule has 0 aliphatic carbocycles. The van der Waals surface area contributed by atoms with Gasteiger partial charge in [0.1, 0.15) is 6.10 Å². The van der Waals surface area contributed by atoms with Crippen LogP contribution >= 0.6 is 0 Å². The van der Waals surface area contributed by atoms with Crippen molar-refractivity contribution in [3.63, 3.8) is 0 Å². The monoisotopic (exact) mass is 619 g/mol. The van der Waals surface area contributed by atoms with Crippen LogP contribution in [-0.2, 0) is 14.3 Å². The van der Waals surface area contributed by atoms with Gasteiger partial charge in [0.2, 0.25) is 0 Å². The maximum atomic E-state index is 12.6. The minimum atomic E-state index is -0.724. The van der Waals surface area contributed by atoms with Crippen LogP contribution in [0.3, 0.4) is 0 Å². The molecule has 0 amide bonds. The number of aliphatic carboxylic acids is 1. The third-order valence-corrected chi connectivity index (χ3v) is 8.68. The third-order valence-electron chi connectivity index (χ3n) is 8.68. The van der Waals surface area contributed by atoms with E-state index in [-0.39, 0.29) is 18.5 Å². The molecule has 1 N–H and O–H groups in total. The highest BCUT2D eigenvalue weighted by atomic mass is 16.5. The molecule has 4 heteroatoms. The van der Waals surface area contributed by atoms with Gasteiger partial charge in [0.15, 0.2) is 0 Å². The van der Waals surface area contributed by atoms with E-state index >= 15 is 0 Å². The first-order chi connectivity index (χ1) is 21.6. The van der Waals surface area contributed by atoms with Crippen molar-refractivity contribution in [1.82, 2.24) is 0 Å². The van der Waals surface area contributed by atoms with Gasteiger partial charge in [-0.25, -0.2) is 0 Å². The number of allylic oxidation sites excluding steroid dienone is 4. The molecule has 0 aromatic rings. The zero-order chi connectivity index (χ0) is 32.2. The van der Waals surface area contributed by atoms with Gasteiger partial charge in [-0.1, -0.05) is 154 Å². The lowest BCUT2D eigenvalue weighted by atomic mass is 10.0. The molecular formula is C40H74O4. The summed E-state index contributed by atoms with van der Waals surface area (Å²) in [6.07, 6.45) is 44.7. The Morgan fingerprint density at radius 1 is 0.500 bits per heavy atom. The Bertz CT molecular complexity index is 668. The van der Waals surface area contributed by atoms with Gasteiger partial charge < -0.3 is 9.84 Å². The van der Waals surface area contributed by atoms with Gasteiger partial charge in [-0.15, -0.1) is 0 Å². The fourth-order valence-electron chi connectivity index (χ4n) is 5.80. The summed E-state index contributed by atoms with van der Waals surface area (Å²) in [6, 6.07) is 0. The molecule has 0 aromatic carbocycles. The molecule has 0 saturated heterocycles. The Labute approximate surface area is 274 Å². The molecule has 0 saturated carbocycles. The normalized spacial score (nSPS) is 12.4. The van der Waals surface area contributed by atoms with E-state index in [1.807, 2.05) is 0 Å². The first kappa shape index (κ1) is 42.4. The number of rotatable bonds is 35. The first-order valence-electron chi connectivity index (χ1n) is 19.3. The number of carboxylic acids is 1. The molecule has 0 heterocycles. The zero-order valence-corrected chi connectivity index (χ0v) is 29.5. The Morgan fingerprint density at radius 3 is 1.41 bits per heavy atom. The van der Waals surface area contributed by atoms with Crippen molar-refractivity contribution in [3.05, 3.63) is 24.3 Å². The zero-order valence-electron chi connectivity index (χ0n) is 29.5. The fourth-order valence-corrected chi connectivity index (χ4v) is 5.80. The van der Waals surface area contributed by atoms with Crippen molar-refractivity contribution < 1.29 is 19.4 Å². The molecule has 0 spiro atoms. The minimum Gasteiger partial charge on any atom is -0.481 e. The number of esters is 1. The molecule has 0 aromatic heterocycles. The van der Waals surface area contributed by atoms with Crippen molar-refractivity contribution >= 4 is 11.9 Å². The van der Waals surface area contributed by atoms with Crippen LogP contribution in [-0.4, -0.2) is 23.1 Å². The predicted octanol–water partition coefficient (Wildman–Crippen LogP) is 13.2. The third kappa shape index (κ3) is 34.9. The summed E-state index contributed by atoms with van der Waals surface area (Å²) < 4.78 is 5.93. The van der Waals surface area contributed by atoms with E-state index in [4.69, 9.17) is 9.84 Å². The summed E-state index contributed by atoms with van der Waals surface area (Å²) in [6.45, 7) is 4.52.